The molecule has 2 amide bonds. The number of hydrogen-bond donors (Lipinski definition) is 1. The van der Waals surface area contributed by atoms with Crippen LogP contribution in [0.25, 0.3) is 0 Å². The van der Waals surface area contributed by atoms with Gasteiger partial charge in [0, 0.05) is 13.8 Å². The van der Waals surface area contributed by atoms with Crippen molar-refractivity contribution >= 4 is 62.0 Å². The molecule has 7 nitrogen and oxygen atoms in total. The van der Waals surface area contributed by atoms with Crippen LogP contribution in [0, 0.1) is 0 Å². The van der Waals surface area contributed by atoms with Crippen molar-refractivity contribution in [3.8, 4) is 5.75 Å². The van der Waals surface area contributed by atoms with Gasteiger partial charge in [-0.15, -0.1) is 16.4 Å². The first-order valence-electron chi connectivity index (χ1n) is 7.73. The number of carbonyl (C=O) groups excluding carboxylic acids is 3. The summed E-state index contributed by atoms with van der Waals surface area (Å²) < 4.78 is 5.98. The zero-order valence-corrected chi connectivity index (χ0v) is 17.5. The number of nitrogens with one attached hydrogen (secondary N) is 1. The maximum absolute atomic E-state index is 12.1. The maximum atomic E-state index is 12.1. The SMILES string of the molecule is CC(=O)NC1=NN(C(C)=O)[C@@H](c2ccc(OC(=O)c3cccs3)c(Br)c2)S1. The highest BCUT2D eigenvalue weighted by molar-refractivity contribution is 9.10. The number of thioether (sulfide) groups is 1. The molecule has 2 heterocycles. The van der Waals surface area contributed by atoms with Crippen molar-refractivity contribution in [3.05, 3.63) is 50.6 Å². The molecule has 27 heavy (non-hydrogen) atoms. The molecule has 0 unspecified atom stereocenters. The van der Waals surface area contributed by atoms with Crippen molar-refractivity contribution in [3.63, 3.8) is 0 Å². The number of amides is 2. The second kappa shape index (κ2) is 8.24. The highest BCUT2D eigenvalue weighted by Crippen LogP contribution is 2.41. The lowest BCUT2D eigenvalue weighted by Crippen LogP contribution is -2.25. The Morgan fingerprint density at radius 3 is 2.63 bits per heavy atom. The van der Waals surface area contributed by atoms with Gasteiger partial charge in [0.2, 0.25) is 11.8 Å². The van der Waals surface area contributed by atoms with E-state index in [1.54, 1.807) is 35.7 Å². The van der Waals surface area contributed by atoms with E-state index in [1.165, 1.54) is 42.0 Å². The molecule has 0 fully saturated rings. The molecule has 1 atom stereocenters. The Bertz CT molecular complexity index is 930. The summed E-state index contributed by atoms with van der Waals surface area (Å²) in [6.45, 7) is 2.78. The Hall–Kier alpha value is -2.17. The highest BCUT2D eigenvalue weighted by atomic mass is 79.9. The van der Waals surface area contributed by atoms with Crippen LogP contribution in [0.2, 0.25) is 0 Å². The Morgan fingerprint density at radius 1 is 1.26 bits per heavy atom. The topological polar surface area (TPSA) is 88.1 Å². The number of amidine groups is 1. The van der Waals surface area contributed by atoms with E-state index in [4.69, 9.17) is 4.74 Å². The van der Waals surface area contributed by atoms with E-state index in [2.05, 4.69) is 26.3 Å². The molecule has 1 N–H and O–H groups in total. The Balaban J connectivity index is 1.79. The Labute approximate surface area is 171 Å². The van der Waals surface area contributed by atoms with Crippen LogP contribution in [0.1, 0.15) is 34.5 Å². The first-order chi connectivity index (χ1) is 12.8. The molecule has 1 aliphatic heterocycles. The smallest absolute Gasteiger partial charge is 0.353 e. The molecule has 1 aromatic carbocycles. The predicted octanol–water partition coefficient (Wildman–Crippen LogP) is 3.73. The van der Waals surface area contributed by atoms with Crippen LogP contribution < -0.4 is 10.1 Å². The first-order valence-corrected chi connectivity index (χ1v) is 10.3. The largest absolute Gasteiger partial charge is 0.421 e. The van der Waals surface area contributed by atoms with Gasteiger partial charge in [-0.05, 0) is 45.1 Å². The van der Waals surface area contributed by atoms with E-state index in [0.29, 0.717) is 20.3 Å². The summed E-state index contributed by atoms with van der Waals surface area (Å²) in [6.07, 6.45) is 0. The zero-order valence-electron chi connectivity index (χ0n) is 14.3. The van der Waals surface area contributed by atoms with Crippen LogP contribution in [0.3, 0.4) is 0 Å². The minimum Gasteiger partial charge on any atom is -0.421 e. The third-order valence-corrected chi connectivity index (χ3v) is 5.99. The summed E-state index contributed by atoms with van der Waals surface area (Å²) in [6, 6.07) is 8.63. The number of rotatable bonds is 3. The number of nitrogens with zero attached hydrogens (tertiary/aromatic N) is 2. The monoisotopic (exact) mass is 467 g/mol. The van der Waals surface area contributed by atoms with Crippen LogP contribution in [0.15, 0.2) is 45.3 Å². The van der Waals surface area contributed by atoms with Crippen molar-refractivity contribution in [2.75, 3.05) is 0 Å². The van der Waals surface area contributed by atoms with E-state index < -0.39 is 11.3 Å². The lowest BCUT2D eigenvalue weighted by molar-refractivity contribution is -0.129. The Morgan fingerprint density at radius 2 is 2.04 bits per heavy atom. The number of benzene rings is 1. The minimum absolute atomic E-state index is 0.253. The first kappa shape index (κ1) is 19.6. The van der Waals surface area contributed by atoms with Gasteiger partial charge in [-0.1, -0.05) is 23.9 Å². The van der Waals surface area contributed by atoms with Crippen LogP contribution in [-0.4, -0.2) is 28.0 Å². The molecule has 140 valence electrons. The van der Waals surface area contributed by atoms with Crippen LogP contribution in [-0.2, 0) is 9.59 Å². The molecule has 0 radical (unpaired) electrons. The fraction of sp³-hybridized carbons (Fsp3) is 0.176. The molecule has 2 aromatic rings. The number of halogens is 1. The molecular weight excluding hydrogens is 454 g/mol. The van der Waals surface area contributed by atoms with Gasteiger partial charge < -0.3 is 10.1 Å². The van der Waals surface area contributed by atoms with Gasteiger partial charge in [-0.2, -0.15) is 0 Å². The van der Waals surface area contributed by atoms with Gasteiger partial charge in [0.05, 0.1) is 4.47 Å². The van der Waals surface area contributed by atoms with E-state index in [0.717, 1.165) is 5.56 Å². The molecule has 0 bridgehead atoms. The molecule has 0 spiro atoms. The molecular formula is C17H14BrN3O4S2. The summed E-state index contributed by atoms with van der Waals surface area (Å²) in [7, 11) is 0. The van der Waals surface area contributed by atoms with Crippen LogP contribution >= 0.6 is 39.0 Å². The standard InChI is InChI=1S/C17H14BrN3O4S2/c1-9(22)19-17-20-21(10(2)23)15(27-17)11-5-6-13(12(18)8-11)25-16(24)14-4-3-7-26-14/h3-8,15H,1-2H3,(H,19,20,22)/t15-/m1/s1. The quantitative estimate of drug-likeness (QED) is 0.548. The summed E-state index contributed by atoms with van der Waals surface area (Å²) in [4.78, 5) is 35.8. The summed E-state index contributed by atoms with van der Waals surface area (Å²) in [5, 5.41) is 9.77. The maximum Gasteiger partial charge on any atom is 0.353 e. The van der Waals surface area contributed by atoms with Gasteiger partial charge in [0.15, 0.2) is 5.17 Å². The van der Waals surface area contributed by atoms with Gasteiger partial charge in [-0.3, -0.25) is 9.59 Å². The van der Waals surface area contributed by atoms with Crippen molar-refractivity contribution in [2.45, 2.75) is 19.2 Å². The molecule has 1 aromatic heterocycles. The zero-order chi connectivity index (χ0) is 19.6. The second-order valence-corrected chi connectivity index (χ2v) is 8.35. The lowest BCUT2D eigenvalue weighted by Gasteiger charge is -2.20. The molecule has 10 heteroatoms. The number of carbonyl (C=O) groups is 3. The summed E-state index contributed by atoms with van der Waals surface area (Å²) >= 11 is 5.96. The number of thiophene rings is 1. The van der Waals surface area contributed by atoms with Gasteiger partial charge in [0.25, 0.3) is 0 Å². The lowest BCUT2D eigenvalue weighted by atomic mass is 10.2. The van der Waals surface area contributed by atoms with Crippen LogP contribution in [0.4, 0.5) is 0 Å². The normalized spacial score (nSPS) is 16.0. The Kier molecular flexibility index (Phi) is 5.98. The van der Waals surface area contributed by atoms with E-state index in [-0.39, 0.29) is 11.8 Å². The highest BCUT2D eigenvalue weighted by Gasteiger charge is 2.32. The molecule has 1 aliphatic rings. The number of hydrogen-bond acceptors (Lipinski definition) is 7. The average Bonchev–Trinajstić information content (AvgIpc) is 3.25. The minimum atomic E-state index is -0.435. The van der Waals surface area contributed by atoms with Gasteiger partial charge >= 0.3 is 5.97 Å². The third kappa shape index (κ3) is 4.57. The fourth-order valence-corrected chi connectivity index (χ4v) is 4.48. The van der Waals surface area contributed by atoms with E-state index in [9.17, 15) is 14.4 Å². The number of hydrazone groups is 1. The molecule has 3 rings (SSSR count). The van der Waals surface area contributed by atoms with Crippen molar-refractivity contribution in [1.82, 2.24) is 10.3 Å². The van der Waals surface area contributed by atoms with Crippen molar-refractivity contribution in [1.29, 1.82) is 0 Å². The number of esters is 1. The number of ether oxygens (including phenoxy) is 1. The molecule has 0 aliphatic carbocycles. The van der Waals surface area contributed by atoms with E-state index >= 15 is 0 Å². The molecule has 0 saturated carbocycles. The second-order valence-electron chi connectivity index (χ2n) is 5.48. The van der Waals surface area contributed by atoms with Crippen molar-refractivity contribution in [2.24, 2.45) is 5.10 Å². The van der Waals surface area contributed by atoms with Gasteiger partial charge in [0.1, 0.15) is 16.0 Å². The average molecular weight is 468 g/mol. The van der Waals surface area contributed by atoms with Gasteiger partial charge in [-0.25, -0.2) is 9.80 Å². The fourth-order valence-electron chi connectivity index (χ4n) is 2.28. The van der Waals surface area contributed by atoms with Crippen LogP contribution in [0.5, 0.6) is 5.75 Å². The third-order valence-electron chi connectivity index (χ3n) is 3.42. The van der Waals surface area contributed by atoms with Crippen molar-refractivity contribution < 1.29 is 19.1 Å². The van der Waals surface area contributed by atoms with E-state index in [1.807, 2.05) is 0 Å². The predicted molar refractivity (Wildman–Crippen MR) is 108 cm³/mol. The summed E-state index contributed by atoms with van der Waals surface area (Å²) in [5.41, 5.74) is 0.766. The molecule has 0 saturated heterocycles. The summed E-state index contributed by atoms with van der Waals surface area (Å²) in [5.74, 6) is -0.576.